The fourth-order valence-corrected chi connectivity index (χ4v) is 2.88. The molecule has 0 fully saturated rings. The molecule has 0 saturated heterocycles. The van der Waals surface area contributed by atoms with Crippen molar-refractivity contribution in [1.82, 2.24) is 10.3 Å². The molecule has 0 bridgehead atoms. The van der Waals surface area contributed by atoms with E-state index in [-0.39, 0.29) is 5.41 Å². The third-order valence-electron chi connectivity index (χ3n) is 4.22. The van der Waals surface area contributed by atoms with Gasteiger partial charge in [-0.1, -0.05) is 38.3 Å². The van der Waals surface area contributed by atoms with E-state index in [1.807, 2.05) is 12.3 Å². The maximum Gasteiger partial charge on any atom is 0.0621 e. The zero-order valence-corrected chi connectivity index (χ0v) is 14.4. The van der Waals surface area contributed by atoms with Gasteiger partial charge in [-0.15, -0.1) is 0 Å². The lowest BCUT2D eigenvalue weighted by Gasteiger charge is -2.34. The fourth-order valence-electron chi connectivity index (χ4n) is 2.70. The summed E-state index contributed by atoms with van der Waals surface area (Å²) < 4.78 is 5.12. The Hall–Kier alpha value is -0.640. The molecule has 1 unspecified atom stereocenters. The SMILES string of the molecule is CCCCC(CC)(CNCCOC)Cc1ccncc1Cl. The molecule has 0 radical (unpaired) electrons. The van der Waals surface area contributed by atoms with Crippen molar-refractivity contribution in [3.63, 3.8) is 0 Å². The van der Waals surface area contributed by atoms with Gasteiger partial charge < -0.3 is 10.1 Å². The molecule has 1 N–H and O–H groups in total. The highest BCUT2D eigenvalue weighted by atomic mass is 35.5. The highest BCUT2D eigenvalue weighted by Crippen LogP contribution is 2.34. The molecule has 4 heteroatoms. The second kappa shape index (κ2) is 10.1. The summed E-state index contributed by atoms with van der Waals surface area (Å²) in [5, 5.41) is 4.32. The molecule has 1 aromatic heterocycles. The summed E-state index contributed by atoms with van der Waals surface area (Å²) in [5.41, 5.74) is 1.47. The molecule has 3 nitrogen and oxygen atoms in total. The average Bonchev–Trinajstić information content (AvgIpc) is 2.51. The van der Waals surface area contributed by atoms with Crippen LogP contribution in [0.1, 0.15) is 45.1 Å². The maximum atomic E-state index is 6.30. The Morgan fingerprint density at radius 3 is 2.81 bits per heavy atom. The summed E-state index contributed by atoms with van der Waals surface area (Å²) in [5.74, 6) is 0. The quantitative estimate of drug-likeness (QED) is 0.625. The van der Waals surface area contributed by atoms with E-state index in [2.05, 4.69) is 24.1 Å². The zero-order chi connectivity index (χ0) is 15.6. The normalized spacial score (nSPS) is 14.1. The monoisotopic (exact) mass is 312 g/mol. The van der Waals surface area contributed by atoms with Gasteiger partial charge in [-0.3, -0.25) is 4.98 Å². The average molecular weight is 313 g/mol. The summed E-state index contributed by atoms with van der Waals surface area (Å²) in [4.78, 5) is 4.09. The van der Waals surface area contributed by atoms with Crippen LogP contribution in [-0.2, 0) is 11.2 Å². The number of rotatable bonds is 11. The van der Waals surface area contributed by atoms with Crippen molar-refractivity contribution in [2.24, 2.45) is 5.41 Å². The smallest absolute Gasteiger partial charge is 0.0621 e. The van der Waals surface area contributed by atoms with Crippen molar-refractivity contribution < 1.29 is 4.74 Å². The van der Waals surface area contributed by atoms with Gasteiger partial charge in [0.2, 0.25) is 0 Å². The zero-order valence-electron chi connectivity index (χ0n) is 13.6. The van der Waals surface area contributed by atoms with Gasteiger partial charge in [0.05, 0.1) is 11.6 Å². The van der Waals surface area contributed by atoms with Crippen molar-refractivity contribution in [2.45, 2.75) is 46.0 Å². The van der Waals surface area contributed by atoms with E-state index < -0.39 is 0 Å². The number of ether oxygens (including phenoxy) is 1. The summed E-state index contributed by atoms with van der Waals surface area (Å²) in [6, 6.07) is 2.05. The van der Waals surface area contributed by atoms with Crippen molar-refractivity contribution in [3.05, 3.63) is 29.0 Å². The first-order valence-electron chi connectivity index (χ1n) is 7.95. The van der Waals surface area contributed by atoms with Crippen molar-refractivity contribution in [3.8, 4) is 0 Å². The van der Waals surface area contributed by atoms with Gasteiger partial charge >= 0.3 is 0 Å². The van der Waals surface area contributed by atoms with Gasteiger partial charge in [0.25, 0.3) is 0 Å². The Kier molecular flexibility index (Phi) is 8.90. The summed E-state index contributed by atoms with van der Waals surface area (Å²) in [6.07, 6.45) is 9.43. The predicted molar refractivity (Wildman–Crippen MR) is 89.9 cm³/mol. The highest BCUT2D eigenvalue weighted by molar-refractivity contribution is 6.31. The van der Waals surface area contributed by atoms with Crippen LogP contribution in [0.15, 0.2) is 18.5 Å². The standard InChI is InChI=1S/C17H29ClN2O/c1-4-6-8-17(5-2,14-20-10-11-21-3)12-15-7-9-19-13-16(15)18/h7,9,13,20H,4-6,8,10-12,14H2,1-3H3. The van der Waals surface area contributed by atoms with E-state index in [1.54, 1.807) is 13.3 Å². The summed E-state index contributed by atoms with van der Waals surface area (Å²) in [6.45, 7) is 7.19. The summed E-state index contributed by atoms with van der Waals surface area (Å²) >= 11 is 6.30. The van der Waals surface area contributed by atoms with Crippen LogP contribution in [0.3, 0.4) is 0 Å². The number of aromatic nitrogens is 1. The fraction of sp³-hybridized carbons (Fsp3) is 0.706. The first-order valence-corrected chi connectivity index (χ1v) is 8.33. The molecule has 120 valence electrons. The number of unbranched alkanes of at least 4 members (excludes halogenated alkanes) is 1. The number of hydrogen-bond acceptors (Lipinski definition) is 3. The van der Waals surface area contributed by atoms with Crippen molar-refractivity contribution in [2.75, 3.05) is 26.8 Å². The molecule has 1 atom stereocenters. The first kappa shape index (κ1) is 18.4. The Morgan fingerprint density at radius 1 is 1.38 bits per heavy atom. The van der Waals surface area contributed by atoms with Gasteiger partial charge in [0.15, 0.2) is 0 Å². The molecular weight excluding hydrogens is 284 g/mol. The molecule has 0 aromatic carbocycles. The second-order valence-electron chi connectivity index (χ2n) is 5.77. The molecule has 0 amide bonds. The minimum Gasteiger partial charge on any atom is -0.383 e. The molecule has 0 aliphatic rings. The molecule has 0 aliphatic heterocycles. The van der Waals surface area contributed by atoms with Crippen LogP contribution >= 0.6 is 11.6 Å². The molecule has 1 heterocycles. The lowest BCUT2D eigenvalue weighted by Crippen LogP contribution is -2.37. The minimum absolute atomic E-state index is 0.259. The van der Waals surface area contributed by atoms with Gasteiger partial charge in [0, 0.05) is 32.6 Å². The van der Waals surface area contributed by atoms with Crippen molar-refractivity contribution in [1.29, 1.82) is 0 Å². The van der Waals surface area contributed by atoms with Crippen LogP contribution in [0.4, 0.5) is 0 Å². The highest BCUT2D eigenvalue weighted by Gasteiger charge is 2.28. The molecular formula is C17H29ClN2O. The molecule has 1 aromatic rings. The van der Waals surface area contributed by atoms with Crippen LogP contribution in [-0.4, -0.2) is 31.8 Å². The lowest BCUT2D eigenvalue weighted by atomic mass is 9.75. The number of nitrogens with zero attached hydrogens (tertiary/aromatic N) is 1. The second-order valence-corrected chi connectivity index (χ2v) is 6.18. The minimum atomic E-state index is 0.259. The Morgan fingerprint density at radius 2 is 2.19 bits per heavy atom. The topological polar surface area (TPSA) is 34.1 Å². The third-order valence-corrected chi connectivity index (χ3v) is 4.56. The number of halogens is 1. The lowest BCUT2D eigenvalue weighted by molar-refractivity contribution is 0.182. The molecule has 1 rings (SSSR count). The van der Waals surface area contributed by atoms with E-state index in [4.69, 9.17) is 16.3 Å². The first-order chi connectivity index (χ1) is 10.2. The number of nitrogens with one attached hydrogen (secondary N) is 1. The Balaban J connectivity index is 2.76. The molecule has 21 heavy (non-hydrogen) atoms. The predicted octanol–water partition coefficient (Wildman–Crippen LogP) is 4.10. The van der Waals surface area contributed by atoms with Crippen LogP contribution in [0.2, 0.25) is 5.02 Å². The van der Waals surface area contributed by atoms with E-state index in [1.165, 1.54) is 24.8 Å². The van der Waals surface area contributed by atoms with E-state index >= 15 is 0 Å². The number of methoxy groups -OCH3 is 1. The number of hydrogen-bond donors (Lipinski definition) is 1. The van der Waals surface area contributed by atoms with Crippen LogP contribution in [0.5, 0.6) is 0 Å². The third kappa shape index (κ3) is 6.33. The Labute approximate surface area is 134 Å². The van der Waals surface area contributed by atoms with E-state index in [9.17, 15) is 0 Å². The molecule has 0 spiro atoms. The largest absolute Gasteiger partial charge is 0.383 e. The van der Waals surface area contributed by atoms with Crippen molar-refractivity contribution >= 4 is 11.6 Å². The van der Waals surface area contributed by atoms with Crippen LogP contribution in [0.25, 0.3) is 0 Å². The summed E-state index contributed by atoms with van der Waals surface area (Å²) in [7, 11) is 1.74. The van der Waals surface area contributed by atoms with Gasteiger partial charge in [-0.05, 0) is 36.3 Å². The van der Waals surface area contributed by atoms with Gasteiger partial charge in [-0.25, -0.2) is 0 Å². The van der Waals surface area contributed by atoms with E-state index in [0.717, 1.165) is 37.6 Å². The maximum absolute atomic E-state index is 6.30. The van der Waals surface area contributed by atoms with E-state index in [0.29, 0.717) is 0 Å². The van der Waals surface area contributed by atoms with Gasteiger partial charge in [-0.2, -0.15) is 0 Å². The number of pyridine rings is 1. The van der Waals surface area contributed by atoms with Crippen LogP contribution < -0.4 is 5.32 Å². The molecule has 0 saturated carbocycles. The molecule has 0 aliphatic carbocycles. The Bertz CT molecular complexity index is 400. The van der Waals surface area contributed by atoms with Gasteiger partial charge in [0.1, 0.15) is 0 Å². The van der Waals surface area contributed by atoms with Crippen LogP contribution in [0, 0.1) is 5.41 Å².